The predicted molar refractivity (Wildman–Crippen MR) is 124 cm³/mol. The van der Waals surface area contributed by atoms with Gasteiger partial charge in [0, 0.05) is 35.9 Å². The van der Waals surface area contributed by atoms with Crippen LogP contribution in [0.1, 0.15) is 49.9 Å². The van der Waals surface area contributed by atoms with Crippen LogP contribution in [0.3, 0.4) is 0 Å². The van der Waals surface area contributed by atoms with Gasteiger partial charge in [0.05, 0.1) is 18.7 Å². The van der Waals surface area contributed by atoms with E-state index in [1.807, 2.05) is 43.5 Å². The highest BCUT2D eigenvalue weighted by molar-refractivity contribution is 14.1. The Kier molecular flexibility index (Phi) is 9.49. The molecule has 168 valence electrons. The van der Waals surface area contributed by atoms with Crippen LogP contribution in [0.5, 0.6) is 0 Å². The number of rotatable bonds is 9. The average molecular weight is 533 g/mol. The van der Waals surface area contributed by atoms with E-state index in [4.69, 9.17) is 4.74 Å². The molecular formula is C22H33FIN3O3. The van der Waals surface area contributed by atoms with E-state index in [1.54, 1.807) is 18.1 Å². The summed E-state index contributed by atoms with van der Waals surface area (Å²) in [5.41, 5.74) is 0.0112. The third kappa shape index (κ3) is 7.46. The number of amides is 2. The van der Waals surface area contributed by atoms with Crippen LogP contribution in [-0.2, 0) is 9.53 Å². The molecule has 1 saturated carbocycles. The molecule has 0 spiro atoms. The average Bonchev–Trinajstić information content (AvgIpc) is 2.69. The number of hydrogen-bond acceptors (Lipinski definition) is 4. The summed E-state index contributed by atoms with van der Waals surface area (Å²) in [7, 11) is 3.44. The summed E-state index contributed by atoms with van der Waals surface area (Å²) in [4.78, 5) is 26.5. The quantitative estimate of drug-likeness (QED) is 0.479. The largest absolute Gasteiger partial charge is 0.382 e. The van der Waals surface area contributed by atoms with E-state index in [0.717, 1.165) is 25.7 Å². The summed E-state index contributed by atoms with van der Waals surface area (Å²) in [5, 5.41) is 6.31. The fourth-order valence-corrected chi connectivity index (χ4v) is 4.37. The topological polar surface area (TPSA) is 70.7 Å². The zero-order chi connectivity index (χ0) is 22.3. The summed E-state index contributed by atoms with van der Waals surface area (Å²) < 4.78 is 19.4. The number of carbonyl (C=O) groups is 2. The lowest BCUT2D eigenvalue weighted by atomic mass is 9.86. The third-order valence-corrected chi connectivity index (χ3v) is 6.47. The van der Waals surface area contributed by atoms with E-state index in [1.165, 1.54) is 12.1 Å². The molecule has 0 radical (unpaired) electrons. The van der Waals surface area contributed by atoms with Crippen molar-refractivity contribution in [1.82, 2.24) is 15.5 Å². The normalized spacial score (nSPS) is 19.4. The van der Waals surface area contributed by atoms with Gasteiger partial charge in [-0.15, -0.1) is 0 Å². The van der Waals surface area contributed by atoms with Gasteiger partial charge < -0.3 is 20.3 Å². The van der Waals surface area contributed by atoms with Gasteiger partial charge in [0.2, 0.25) is 5.91 Å². The van der Waals surface area contributed by atoms with E-state index in [2.05, 4.69) is 10.6 Å². The second-order valence-corrected chi connectivity index (χ2v) is 9.91. The molecular weight excluding hydrogens is 500 g/mol. The number of carbonyl (C=O) groups excluding carboxylic acids is 2. The molecule has 6 nitrogen and oxygen atoms in total. The first-order chi connectivity index (χ1) is 14.1. The molecule has 0 saturated heterocycles. The number of halogens is 2. The lowest BCUT2D eigenvalue weighted by Crippen LogP contribution is -2.51. The Morgan fingerprint density at radius 3 is 2.50 bits per heavy atom. The minimum Gasteiger partial charge on any atom is -0.382 e. The van der Waals surface area contributed by atoms with Gasteiger partial charge in [-0.2, -0.15) is 0 Å². The highest BCUT2D eigenvalue weighted by Crippen LogP contribution is 2.24. The molecule has 1 aromatic carbocycles. The zero-order valence-corrected chi connectivity index (χ0v) is 20.4. The highest BCUT2D eigenvalue weighted by atomic mass is 127. The standard InChI is InChI=1S/C22H33FIN3O3/c1-22(2,14-30-4)27(3)20(28)13-25-19-7-5-15(6-8-19)12-26-21(29)16-9-17(23)11-18(24)10-16/h9-11,15,19,25H,5-8,12-14H2,1-4H3,(H,26,29)/t15-,19+. The Morgan fingerprint density at radius 2 is 1.90 bits per heavy atom. The molecule has 8 heteroatoms. The molecule has 0 heterocycles. The monoisotopic (exact) mass is 533 g/mol. The van der Waals surface area contributed by atoms with Crippen molar-refractivity contribution >= 4 is 34.4 Å². The van der Waals surface area contributed by atoms with Crippen LogP contribution in [0.25, 0.3) is 0 Å². The van der Waals surface area contributed by atoms with Gasteiger partial charge in [-0.1, -0.05) is 0 Å². The maximum atomic E-state index is 13.5. The summed E-state index contributed by atoms with van der Waals surface area (Å²) in [6.45, 7) is 5.36. The van der Waals surface area contributed by atoms with Gasteiger partial charge in [0.1, 0.15) is 5.82 Å². The maximum absolute atomic E-state index is 13.5. The highest BCUT2D eigenvalue weighted by Gasteiger charge is 2.28. The smallest absolute Gasteiger partial charge is 0.251 e. The number of nitrogens with zero attached hydrogens (tertiary/aromatic N) is 1. The molecule has 2 N–H and O–H groups in total. The minimum atomic E-state index is -0.399. The molecule has 1 aromatic rings. The molecule has 1 aliphatic rings. The summed E-state index contributed by atoms with van der Waals surface area (Å²) in [6.07, 6.45) is 3.91. The van der Waals surface area contributed by atoms with Crippen LogP contribution in [0, 0.1) is 15.3 Å². The second-order valence-electron chi connectivity index (χ2n) is 8.66. The van der Waals surface area contributed by atoms with Crippen molar-refractivity contribution in [3.8, 4) is 0 Å². The third-order valence-electron chi connectivity index (χ3n) is 5.84. The molecule has 0 unspecified atom stereocenters. The van der Waals surface area contributed by atoms with Crippen molar-refractivity contribution in [2.75, 3.05) is 33.9 Å². The van der Waals surface area contributed by atoms with Crippen molar-refractivity contribution in [3.63, 3.8) is 0 Å². The van der Waals surface area contributed by atoms with Crippen molar-refractivity contribution in [1.29, 1.82) is 0 Å². The molecule has 1 aliphatic carbocycles. The fourth-order valence-electron chi connectivity index (χ4n) is 3.73. The van der Waals surface area contributed by atoms with Crippen LogP contribution < -0.4 is 10.6 Å². The molecule has 2 amide bonds. The molecule has 0 atom stereocenters. The Bertz CT molecular complexity index is 716. The number of ether oxygens (including phenoxy) is 1. The van der Waals surface area contributed by atoms with Crippen LogP contribution >= 0.6 is 22.6 Å². The van der Waals surface area contributed by atoms with Crippen LogP contribution in [0.15, 0.2) is 18.2 Å². The Labute approximate surface area is 192 Å². The predicted octanol–water partition coefficient (Wildman–Crippen LogP) is 3.19. The Hall–Kier alpha value is -1.26. The van der Waals surface area contributed by atoms with E-state index >= 15 is 0 Å². The van der Waals surface area contributed by atoms with E-state index in [9.17, 15) is 14.0 Å². The zero-order valence-electron chi connectivity index (χ0n) is 18.3. The first kappa shape index (κ1) is 25.0. The molecule has 1 fully saturated rings. The molecule has 2 rings (SSSR count). The van der Waals surface area contributed by atoms with E-state index in [-0.39, 0.29) is 17.4 Å². The van der Waals surface area contributed by atoms with Gasteiger partial charge in [-0.3, -0.25) is 9.59 Å². The SMILES string of the molecule is COCC(C)(C)N(C)C(=O)CN[C@H]1CC[C@@H](CNC(=O)c2cc(F)cc(I)c2)CC1. The van der Waals surface area contributed by atoms with Gasteiger partial charge in [-0.05, 0) is 86.2 Å². The Balaban J connectivity index is 1.71. The molecule has 0 bridgehead atoms. The van der Waals surface area contributed by atoms with Crippen molar-refractivity contribution < 1.29 is 18.7 Å². The number of likely N-dealkylation sites (N-methyl/N-ethyl adjacent to an activating group) is 1. The lowest BCUT2D eigenvalue weighted by molar-refractivity contribution is -0.135. The summed E-state index contributed by atoms with van der Waals surface area (Å²) in [6, 6.07) is 4.65. The Morgan fingerprint density at radius 1 is 1.23 bits per heavy atom. The second kappa shape index (κ2) is 11.4. The lowest BCUT2D eigenvalue weighted by Gasteiger charge is -2.36. The maximum Gasteiger partial charge on any atom is 0.251 e. The van der Waals surface area contributed by atoms with Crippen molar-refractivity contribution in [2.24, 2.45) is 5.92 Å². The van der Waals surface area contributed by atoms with Gasteiger partial charge in [0.25, 0.3) is 5.91 Å². The molecule has 0 aliphatic heterocycles. The summed E-state index contributed by atoms with van der Waals surface area (Å²) >= 11 is 2.00. The van der Waals surface area contributed by atoms with Gasteiger partial charge >= 0.3 is 0 Å². The van der Waals surface area contributed by atoms with Crippen molar-refractivity contribution in [3.05, 3.63) is 33.1 Å². The number of methoxy groups -OCH3 is 1. The van der Waals surface area contributed by atoms with Gasteiger partial charge in [0.15, 0.2) is 0 Å². The fraction of sp³-hybridized carbons (Fsp3) is 0.636. The van der Waals surface area contributed by atoms with Crippen LogP contribution in [-0.4, -0.2) is 62.1 Å². The first-order valence-corrected chi connectivity index (χ1v) is 11.4. The first-order valence-electron chi connectivity index (χ1n) is 10.4. The van der Waals surface area contributed by atoms with E-state index < -0.39 is 5.82 Å². The number of hydrogen-bond donors (Lipinski definition) is 2. The number of benzene rings is 1. The molecule has 30 heavy (non-hydrogen) atoms. The molecule has 0 aromatic heterocycles. The number of nitrogens with one attached hydrogen (secondary N) is 2. The van der Waals surface area contributed by atoms with Crippen LogP contribution in [0.4, 0.5) is 4.39 Å². The van der Waals surface area contributed by atoms with Crippen molar-refractivity contribution in [2.45, 2.75) is 51.1 Å². The minimum absolute atomic E-state index is 0.0520. The van der Waals surface area contributed by atoms with Gasteiger partial charge in [-0.25, -0.2) is 4.39 Å². The van der Waals surface area contributed by atoms with E-state index in [0.29, 0.717) is 40.8 Å². The summed E-state index contributed by atoms with van der Waals surface area (Å²) in [5.74, 6) is -0.181. The van der Waals surface area contributed by atoms with Crippen LogP contribution in [0.2, 0.25) is 0 Å².